The molecule has 0 aliphatic carbocycles. The van der Waals surface area contributed by atoms with Gasteiger partial charge < -0.3 is 19.3 Å². The molecule has 1 saturated heterocycles. The van der Waals surface area contributed by atoms with E-state index in [0.29, 0.717) is 53.9 Å². The number of ether oxygens (including phenoxy) is 3. The summed E-state index contributed by atoms with van der Waals surface area (Å²) in [6.45, 7) is 4.63. The lowest BCUT2D eigenvalue weighted by Crippen LogP contribution is -2.33. The number of H-pyrrole nitrogens is 1. The number of aromatic nitrogens is 2. The fourth-order valence-corrected chi connectivity index (χ4v) is 8.79. The monoisotopic (exact) mass is 865 g/mol. The van der Waals surface area contributed by atoms with Gasteiger partial charge >= 0.3 is 34.0 Å². The van der Waals surface area contributed by atoms with Crippen molar-refractivity contribution in [2.24, 2.45) is 5.90 Å². The number of rotatable bonds is 27. The number of benzene rings is 2. The first kappa shape index (κ1) is 48.2. The Balaban J connectivity index is 1.38. The molecule has 1 radical (unpaired) electrons. The number of aromatic amines is 1. The van der Waals surface area contributed by atoms with E-state index in [9.17, 15) is 29.0 Å². The van der Waals surface area contributed by atoms with Crippen LogP contribution in [0.15, 0.2) is 64.3 Å². The zero-order chi connectivity index (χ0) is 42.7. The summed E-state index contributed by atoms with van der Waals surface area (Å²) < 4.78 is 44.5. The lowest BCUT2D eigenvalue weighted by molar-refractivity contribution is -0.273. The Labute approximate surface area is 345 Å². The largest absolute Gasteiger partial charge is 0.602 e. The van der Waals surface area contributed by atoms with Crippen LogP contribution < -0.4 is 36.4 Å². The van der Waals surface area contributed by atoms with Gasteiger partial charge in [-0.1, -0.05) is 94.1 Å². The first-order valence-electron chi connectivity index (χ1n) is 20.1. The van der Waals surface area contributed by atoms with Gasteiger partial charge in [-0.3, -0.25) is 23.9 Å². The number of nitrogens with zero attached hydrogens (tertiary/aromatic N) is 1. The molecule has 1 aliphatic heterocycles. The molecule has 17 nitrogen and oxygen atoms in total. The number of phosphoric acid groups is 2. The van der Waals surface area contributed by atoms with Crippen molar-refractivity contribution in [3.8, 4) is 11.5 Å². The SMILES string of the molecule is CCCCCCCC(=O)Oc1ccc(CO[P+]([O-])(OCc2ccc(OC(=[O+])CCCCCCC)cc2)O[P+]([O-])(ON)OC[C@@H]2CC[C@H](n3cc(C)c(=O)[nH]c3=O)O2)cc1. The Morgan fingerprint density at radius 2 is 1.37 bits per heavy atom. The molecule has 2 heterocycles. The fraction of sp³-hybridized carbons (Fsp3) is 0.550. The number of unbranched alkanes of at least 4 members (excludes halogenated alkanes) is 8. The first-order valence-corrected chi connectivity index (χ1v) is 23.1. The predicted octanol–water partition coefficient (Wildman–Crippen LogP) is 6.49. The van der Waals surface area contributed by atoms with Crippen molar-refractivity contribution in [1.29, 1.82) is 0 Å². The minimum atomic E-state index is -4.86. The van der Waals surface area contributed by atoms with Crippen LogP contribution in [0, 0.1) is 6.92 Å². The van der Waals surface area contributed by atoms with E-state index in [1.165, 1.54) is 10.8 Å². The Hall–Kier alpha value is -3.44. The minimum Gasteiger partial charge on any atom is -0.602 e. The van der Waals surface area contributed by atoms with Crippen LogP contribution >= 0.6 is 16.3 Å². The number of carbonyl (C=O) groups excluding carboxylic acids is 2. The average molecular weight is 866 g/mol. The molecule has 3 atom stereocenters. The number of hydrogen-bond donors (Lipinski definition) is 2. The lowest BCUT2D eigenvalue weighted by Gasteiger charge is -2.29. The molecule has 3 N–H and O–H groups in total. The van der Waals surface area contributed by atoms with Gasteiger partial charge in [-0.15, -0.1) is 0 Å². The highest BCUT2D eigenvalue weighted by atomic mass is 31.3. The van der Waals surface area contributed by atoms with Crippen LogP contribution in [0.4, 0.5) is 0 Å². The van der Waals surface area contributed by atoms with Gasteiger partial charge in [0, 0.05) is 39.4 Å². The number of nitrogens with one attached hydrogen (secondary N) is 1. The Kier molecular flexibility index (Phi) is 20.2. The average Bonchev–Trinajstić information content (AvgIpc) is 3.70. The lowest BCUT2D eigenvalue weighted by atomic mass is 10.1. The maximum absolute atomic E-state index is 14.1. The van der Waals surface area contributed by atoms with Gasteiger partial charge in [0.05, 0.1) is 6.10 Å². The Bertz CT molecular complexity index is 1780. The molecule has 59 heavy (non-hydrogen) atoms. The van der Waals surface area contributed by atoms with Gasteiger partial charge in [-0.25, -0.2) is 4.79 Å². The van der Waals surface area contributed by atoms with Crippen LogP contribution in [0.3, 0.4) is 0 Å². The van der Waals surface area contributed by atoms with E-state index >= 15 is 0 Å². The van der Waals surface area contributed by atoms with Crippen molar-refractivity contribution in [3.05, 3.63) is 92.3 Å². The van der Waals surface area contributed by atoms with E-state index in [1.807, 2.05) is 0 Å². The number of nitrogens with two attached hydrogens (primary N) is 1. The van der Waals surface area contributed by atoms with Crippen LogP contribution in [0.5, 0.6) is 11.5 Å². The van der Waals surface area contributed by atoms with Crippen molar-refractivity contribution in [3.63, 3.8) is 0 Å². The summed E-state index contributed by atoms with van der Waals surface area (Å²) in [5, 5.41) is 0. The fourth-order valence-electron chi connectivity index (χ4n) is 5.99. The number of carbonyl (C=O) groups is 2. The highest BCUT2D eigenvalue weighted by Crippen LogP contribution is 2.70. The third-order valence-electron chi connectivity index (χ3n) is 9.35. The molecule has 0 bridgehead atoms. The molecular weight excluding hydrogens is 808 g/mol. The van der Waals surface area contributed by atoms with E-state index < -0.39 is 46.5 Å². The van der Waals surface area contributed by atoms with Gasteiger partial charge in [0.1, 0.15) is 38.2 Å². The van der Waals surface area contributed by atoms with E-state index in [4.69, 9.17) is 38.0 Å². The third kappa shape index (κ3) is 16.9. The van der Waals surface area contributed by atoms with Gasteiger partial charge in [0.2, 0.25) is 5.75 Å². The molecule has 2 aromatic carbocycles. The summed E-state index contributed by atoms with van der Waals surface area (Å²) in [6.07, 6.45) is 11.2. The van der Waals surface area contributed by atoms with Crippen molar-refractivity contribution in [1.82, 2.24) is 9.55 Å². The molecule has 4 rings (SSSR count). The summed E-state index contributed by atoms with van der Waals surface area (Å²) in [6, 6.07) is 12.5. The summed E-state index contributed by atoms with van der Waals surface area (Å²) in [4.78, 5) is 78.8. The van der Waals surface area contributed by atoms with Crippen LogP contribution in [-0.2, 0) is 50.0 Å². The molecular formula is C40H57N3O14P2+. The number of phosphoric ester groups is 1. The molecule has 0 amide bonds. The second kappa shape index (κ2) is 24.7. The Morgan fingerprint density at radius 3 is 1.95 bits per heavy atom. The van der Waals surface area contributed by atoms with Crippen molar-refractivity contribution in [2.45, 2.75) is 136 Å². The smallest absolute Gasteiger partial charge is 0.580 e. The van der Waals surface area contributed by atoms with Crippen LogP contribution in [0.1, 0.15) is 127 Å². The molecule has 3 aromatic rings. The summed E-state index contributed by atoms with van der Waals surface area (Å²) >= 11 is 0. The highest BCUT2D eigenvalue weighted by Gasteiger charge is 2.52. The van der Waals surface area contributed by atoms with Crippen molar-refractivity contribution < 1.29 is 56.1 Å². The topological polar surface area (TPSA) is 238 Å². The normalized spacial score (nSPS) is 17.3. The van der Waals surface area contributed by atoms with Gasteiger partial charge in [-0.2, -0.15) is 19.5 Å². The molecule has 19 heteroatoms. The maximum Gasteiger partial charge on any atom is 0.580 e. The van der Waals surface area contributed by atoms with E-state index in [-0.39, 0.29) is 25.2 Å². The number of hydrogen-bond acceptors (Lipinski definition) is 15. The zero-order valence-electron chi connectivity index (χ0n) is 34.0. The summed E-state index contributed by atoms with van der Waals surface area (Å²) in [5.41, 5.74) is 0.0729. The first-order chi connectivity index (χ1) is 28.3. The Morgan fingerprint density at radius 1 is 0.814 bits per heavy atom. The standard InChI is InChI=1S/C40H57N3O14P2/c1-4-6-8-10-12-14-37(44)54-33-20-16-31(17-21-33)27-50-58(48,51-28-32-18-22-34(23-19-32)55-38(45)15-13-11-9-7-5-2)57-59(49,56-41)52-29-35-24-25-36(53-35)43-26-30(3)39(46)42-40(43)47/h16-23,26,35-36H,4-15,24-25,27-29,41H2,1-3H3,(H,42,46,47)/q+1/t35-,36+,59?/m0/s1. The van der Waals surface area contributed by atoms with Crippen molar-refractivity contribution >= 4 is 28.3 Å². The quantitative estimate of drug-likeness (QED) is 0.0208. The van der Waals surface area contributed by atoms with E-state index in [1.54, 1.807) is 55.5 Å². The van der Waals surface area contributed by atoms with E-state index in [0.717, 1.165) is 64.2 Å². The van der Waals surface area contributed by atoms with Gasteiger partial charge in [0.25, 0.3) is 5.56 Å². The molecule has 1 fully saturated rings. The van der Waals surface area contributed by atoms with Crippen LogP contribution in [0.2, 0.25) is 0 Å². The highest BCUT2D eigenvalue weighted by molar-refractivity contribution is 7.67. The molecule has 325 valence electrons. The second-order valence-corrected chi connectivity index (χ2v) is 17.7. The molecule has 0 saturated carbocycles. The maximum atomic E-state index is 14.1. The van der Waals surface area contributed by atoms with Crippen LogP contribution in [0.25, 0.3) is 0 Å². The molecule has 1 unspecified atom stereocenters. The minimum absolute atomic E-state index is 0.299. The van der Waals surface area contributed by atoms with Gasteiger partial charge in [-0.05, 0) is 55.9 Å². The number of esters is 2. The molecule has 0 spiro atoms. The van der Waals surface area contributed by atoms with Gasteiger partial charge in [0.15, 0.2) is 0 Å². The van der Waals surface area contributed by atoms with Crippen molar-refractivity contribution in [2.75, 3.05) is 6.61 Å². The summed E-state index contributed by atoms with van der Waals surface area (Å²) in [7, 11) is -9.68. The molecule has 1 aliphatic rings. The predicted molar refractivity (Wildman–Crippen MR) is 216 cm³/mol. The zero-order valence-corrected chi connectivity index (χ0v) is 35.8. The van der Waals surface area contributed by atoms with E-state index in [2.05, 4.69) is 23.5 Å². The summed E-state index contributed by atoms with van der Waals surface area (Å²) in [5.74, 6) is 5.28. The molecule has 1 aromatic heterocycles. The van der Waals surface area contributed by atoms with Crippen LogP contribution in [-0.4, -0.2) is 34.2 Å². The third-order valence-corrected chi connectivity index (χ3v) is 12.6. The second-order valence-electron chi connectivity index (χ2n) is 14.3. The number of aryl methyl sites for hydroxylation is 1.